The molecule has 1 saturated carbocycles. The van der Waals surface area contributed by atoms with Gasteiger partial charge >= 0.3 is 5.97 Å². The van der Waals surface area contributed by atoms with Gasteiger partial charge in [-0.15, -0.1) is 0 Å². The SMILES string of the molecule is CCOC(=O)[C@@H]1CC[C@@H]2CC1C(=O)N2OCc1ccccc1. The standard InChI is InChI=1S/C17H21NO4/c1-2-21-17(20)14-9-8-13-10-15(14)16(19)18(13)22-11-12-6-4-3-5-7-12/h3-7,13-15H,2,8-11H2,1H3/t13-,14-,15?/m1/s1. The highest BCUT2D eigenvalue weighted by Crippen LogP contribution is 2.41. The predicted octanol–water partition coefficient (Wildman–Crippen LogP) is 2.31. The van der Waals surface area contributed by atoms with Crippen LogP contribution in [-0.4, -0.2) is 29.6 Å². The fraction of sp³-hybridized carbons (Fsp3) is 0.529. The minimum atomic E-state index is -0.311. The number of rotatable bonds is 5. The minimum absolute atomic E-state index is 0.0727. The second kappa shape index (κ2) is 6.48. The van der Waals surface area contributed by atoms with Crippen LogP contribution in [0.15, 0.2) is 30.3 Å². The highest BCUT2D eigenvalue weighted by Gasteiger charge is 2.50. The zero-order valence-electron chi connectivity index (χ0n) is 12.7. The molecule has 0 N–H and O–H groups in total. The summed E-state index contributed by atoms with van der Waals surface area (Å²) in [6.45, 7) is 2.52. The monoisotopic (exact) mass is 303 g/mol. The second-order valence-corrected chi connectivity index (χ2v) is 5.85. The molecule has 2 aliphatic rings. The summed E-state index contributed by atoms with van der Waals surface area (Å²) in [6.07, 6.45) is 2.18. The van der Waals surface area contributed by atoms with Crippen molar-refractivity contribution in [3.8, 4) is 0 Å². The Morgan fingerprint density at radius 3 is 2.77 bits per heavy atom. The first-order valence-electron chi connectivity index (χ1n) is 7.87. The highest BCUT2D eigenvalue weighted by atomic mass is 16.7. The number of esters is 1. The maximum atomic E-state index is 12.5. The lowest BCUT2D eigenvalue weighted by atomic mass is 9.80. The Labute approximate surface area is 130 Å². The first-order chi connectivity index (χ1) is 10.7. The van der Waals surface area contributed by atoms with Crippen molar-refractivity contribution in [1.29, 1.82) is 0 Å². The highest BCUT2D eigenvalue weighted by molar-refractivity contribution is 5.87. The third kappa shape index (κ3) is 2.86. The number of hydroxylamine groups is 2. The normalized spacial score (nSPS) is 27.0. The lowest BCUT2D eigenvalue weighted by molar-refractivity contribution is -0.195. The maximum Gasteiger partial charge on any atom is 0.309 e. The number of carbonyl (C=O) groups excluding carboxylic acids is 2. The third-order valence-corrected chi connectivity index (χ3v) is 4.49. The zero-order valence-corrected chi connectivity index (χ0v) is 12.7. The van der Waals surface area contributed by atoms with Crippen LogP contribution in [0, 0.1) is 11.8 Å². The van der Waals surface area contributed by atoms with E-state index in [2.05, 4.69) is 0 Å². The van der Waals surface area contributed by atoms with Crippen molar-refractivity contribution in [3.63, 3.8) is 0 Å². The Morgan fingerprint density at radius 2 is 2.05 bits per heavy atom. The van der Waals surface area contributed by atoms with Crippen molar-refractivity contribution in [3.05, 3.63) is 35.9 Å². The van der Waals surface area contributed by atoms with Crippen molar-refractivity contribution < 1.29 is 19.2 Å². The quantitative estimate of drug-likeness (QED) is 0.783. The Morgan fingerprint density at radius 1 is 1.27 bits per heavy atom. The molecule has 0 aromatic heterocycles. The summed E-state index contributed by atoms with van der Waals surface area (Å²) in [6, 6.07) is 9.86. The van der Waals surface area contributed by atoms with Crippen molar-refractivity contribution in [2.24, 2.45) is 11.8 Å². The second-order valence-electron chi connectivity index (χ2n) is 5.85. The van der Waals surface area contributed by atoms with E-state index in [0.717, 1.165) is 12.0 Å². The zero-order chi connectivity index (χ0) is 15.5. The molecule has 22 heavy (non-hydrogen) atoms. The lowest BCUT2D eigenvalue weighted by Gasteiger charge is -2.25. The Bertz CT molecular complexity index is 545. The topological polar surface area (TPSA) is 55.8 Å². The van der Waals surface area contributed by atoms with E-state index in [1.165, 1.54) is 5.06 Å². The van der Waals surface area contributed by atoms with E-state index in [-0.39, 0.29) is 29.8 Å². The van der Waals surface area contributed by atoms with E-state index in [4.69, 9.17) is 9.57 Å². The van der Waals surface area contributed by atoms with Gasteiger partial charge in [0.2, 0.25) is 5.91 Å². The minimum Gasteiger partial charge on any atom is -0.466 e. The average molecular weight is 303 g/mol. The molecule has 2 fully saturated rings. The molecule has 1 amide bonds. The number of ether oxygens (including phenoxy) is 1. The molecular weight excluding hydrogens is 282 g/mol. The van der Waals surface area contributed by atoms with Gasteiger partial charge in [0, 0.05) is 0 Å². The molecule has 5 nitrogen and oxygen atoms in total. The van der Waals surface area contributed by atoms with Crippen LogP contribution in [0.1, 0.15) is 31.7 Å². The molecule has 0 spiro atoms. The smallest absolute Gasteiger partial charge is 0.309 e. The largest absolute Gasteiger partial charge is 0.466 e. The molecule has 5 heteroatoms. The van der Waals surface area contributed by atoms with Gasteiger partial charge in [-0.25, -0.2) is 5.06 Å². The van der Waals surface area contributed by atoms with Gasteiger partial charge in [0.1, 0.15) is 6.61 Å². The summed E-state index contributed by atoms with van der Waals surface area (Å²) in [5, 5.41) is 1.50. The van der Waals surface area contributed by atoms with E-state index in [0.29, 0.717) is 26.1 Å². The summed E-state index contributed by atoms with van der Waals surface area (Å²) in [5.41, 5.74) is 1.03. The first kappa shape index (κ1) is 15.0. The molecule has 1 heterocycles. The molecule has 3 rings (SSSR count). The number of benzene rings is 1. The summed E-state index contributed by atoms with van der Waals surface area (Å²) in [5.74, 6) is -0.914. The van der Waals surface area contributed by atoms with Gasteiger partial charge in [0.05, 0.1) is 24.5 Å². The predicted molar refractivity (Wildman–Crippen MR) is 79.3 cm³/mol. The molecule has 1 aliphatic carbocycles. The van der Waals surface area contributed by atoms with Crippen LogP contribution < -0.4 is 0 Å². The van der Waals surface area contributed by atoms with Crippen LogP contribution in [0.25, 0.3) is 0 Å². The molecule has 1 aromatic carbocycles. The third-order valence-electron chi connectivity index (χ3n) is 4.49. The van der Waals surface area contributed by atoms with Crippen LogP contribution in [0.5, 0.6) is 0 Å². The van der Waals surface area contributed by atoms with Gasteiger partial charge in [-0.1, -0.05) is 30.3 Å². The molecular formula is C17H21NO4. The van der Waals surface area contributed by atoms with Gasteiger partial charge in [0.15, 0.2) is 0 Å². The van der Waals surface area contributed by atoms with Crippen molar-refractivity contribution in [2.75, 3.05) is 6.61 Å². The summed E-state index contributed by atoms with van der Waals surface area (Å²) in [7, 11) is 0. The van der Waals surface area contributed by atoms with Gasteiger partial charge in [-0.05, 0) is 31.7 Å². The van der Waals surface area contributed by atoms with Gasteiger partial charge < -0.3 is 4.74 Å². The molecule has 0 radical (unpaired) electrons. The number of nitrogens with zero attached hydrogens (tertiary/aromatic N) is 1. The molecule has 3 atom stereocenters. The molecule has 1 aromatic rings. The fourth-order valence-corrected chi connectivity index (χ4v) is 3.40. The first-order valence-corrected chi connectivity index (χ1v) is 7.87. The Kier molecular flexibility index (Phi) is 4.43. The molecule has 118 valence electrons. The van der Waals surface area contributed by atoms with Gasteiger partial charge in [0.25, 0.3) is 0 Å². The maximum absolute atomic E-state index is 12.5. The van der Waals surface area contributed by atoms with E-state index >= 15 is 0 Å². The van der Waals surface area contributed by atoms with Crippen LogP contribution in [0.2, 0.25) is 0 Å². The summed E-state index contributed by atoms with van der Waals surface area (Å²) < 4.78 is 5.09. The summed E-state index contributed by atoms with van der Waals surface area (Å²) in [4.78, 5) is 30.2. The molecule has 2 bridgehead atoms. The van der Waals surface area contributed by atoms with Crippen LogP contribution in [0.3, 0.4) is 0 Å². The van der Waals surface area contributed by atoms with E-state index in [1.807, 2.05) is 30.3 Å². The van der Waals surface area contributed by atoms with Gasteiger partial charge in [-0.3, -0.25) is 14.4 Å². The number of fused-ring (bicyclic) bond motifs is 2. The number of amides is 1. The van der Waals surface area contributed by atoms with Crippen LogP contribution in [0.4, 0.5) is 0 Å². The average Bonchev–Trinajstić information content (AvgIpc) is 2.78. The molecule has 1 aliphatic heterocycles. The van der Waals surface area contributed by atoms with E-state index in [1.54, 1.807) is 6.92 Å². The number of hydrogen-bond donors (Lipinski definition) is 0. The summed E-state index contributed by atoms with van der Waals surface area (Å²) >= 11 is 0. The van der Waals surface area contributed by atoms with Crippen molar-refractivity contribution in [1.82, 2.24) is 5.06 Å². The number of carbonyl (C=O) groups is 2. The fourth-order valence-electron chi connectivity index (χ4n) is 3.40. The lowest BCUT2D eigenvalue weighted by Crippen LogP contribution is -2.33. The molecule has 1 unspecified atom stereocenters. The van der Waals surface area contributed by atoms with E-state index in [9.17, 15) is 9.59 Å². The van der Waals surface area contributed by atoms with Crippen molar-refractivity contribution in [2.45, 2.75) is 38.8 Å². The Hall–Kier alpha value is -1.88. The van der Waals surface area contributed by atoms with Crippen LogP contribution in [-0.2, 0) is 25.8 Å². The number of hydrogen-bond acceptors (Lipinski definition) is 4. The van der Waals surface area contributed by atoms with Gasteiger partial charge in [-0.2, -0.15) is 0 Å². The van der Waals surface area contributed by atoms with Crippen molar-refractivity contribution >= 4 is 11.9 Å². The Balaban J connectivity index is 1.64. The van der Waals surface area contributed by atoms with E-state index < -0.39 is 0 Å². The van der Waals surface area contributed by atoms with Crippen LogP contribution >= 0.6 is 0 Å². The molecule has 1 saturated heterocycles.